The minimum Gasteiger partial charge on any atom is -0.465 e. The summed E-state index contributed by atoms with van der Waals surface area (Å²) in [6.07, 6.45) is 0. The Morgan fingerprint density at radius 1 is 1.12 bits per heavy atom. The quantitative estimate of drug-likeness (QED) is 0.615. The molecular weight excluding hydrogens is 376 g/mol. The van der Waals surface area contributed by atoms with Gasteiger partial charge in [-0.25, -0.2) is 4.79 Å². The smallest absolute Gasteiger partial charge is 0.342 e. The number of ether oxygens (including phenoxy) is 1. The number of furan rings is 1. The van der Waals surface area contributed by atoms with Crippen molar-refractivity contribution in [2.24, 2.45) is 0 Å². The van der Waals surface area contributed by atoms with E-state index in [1.807, 2.05) is 31.2 Å². The van der Waals surface area contributed by atoms with E-state index in [-0.39, 0.29) is 12.5 Å². The van der Waals surface area contributed by atoms with Crippen molar-refractivity contribution in [1.29, 1.82) is 0 Å². The van der Waals surface area contributed by atoms with Gasteiger partial charge in [0.05, 0.1) is 5.56 Å². The van der Waals surface area contributed by atoms with Gasteiger partial charge in [-0.2, -0.15) is 0 Å². The largest absolute Gasteiger partial charge is 0.465 e. The first-order valence-electron chi connectivity index (χ1n) is 7.28. The highest BCUT2D eigenvalue weighted by molar-refractivity contribution is 9.10. The number of aromatic nitrogens is 2. The number of carbonyl (C=O) groups excluding carboxylic acids is 1. The lowest BCUT2D eigenvalue weighted by atomic mass is 10.1. The lowest BCUT2D eigenvalue weighted by molar-refractivity contribution is 0.0436. The normalized spacial score (nSPS) is 10.8. The lowest BCUT2D eigenvalue weighted by Crippen LogP contribution is -2.07. The first-order valence-corrected chi connectivity index (χ1v) is 8.07. The van der Waals surface area contributed by atoms with Gasteiger partial charge in [0.25, 0.3) is 5.89 Å². The van der Waals surface area contributed by atoms with Gasteiger partial charge in [0, 0.05) is 10.0 Å². The molecule has 0 bridgehead atoms. The Balaban J connectivity index is 1.72. The van der Waals surface area contributed by atoms with Gasteiger partial charge < -0.3 is 13.6 Å². The molecule has 2 heterocycles. The van der Waals surface area contributed by atoms with Crippen molar-refractivity contribution in [3.05, 3.63) is 57.3 Å². The van der Waals surface area contributed by atoms with Crippen molar-refractivity contribution in [1.82, 2.24) is 10.2 Å². The highest BCUT2D eigenvalue weighted by Gasteiger charge is 2.21. The Bertz CT molecular complexity index is 898. The van der Waals surface area contributed by atoms with Crippen LogP contribution < -0.4 is 0 Å². The van der Waals surface area contributed by atoms with Crippen LogP contribution in [0, 0.1) is 20.8 Å². The summed E-state index contributed by atoms with van der Waals surface area (Å²) >= 11 is 3.43. The van der Waals surface area contributed by atoms with E-state index in [1.165, 1.54) is 0 Å². The summed E-state index contributed by atoms with van der Waals surface area (Å²) in [5, 5.41) is 7.89. The molecule has 0 radical (unpaired) electrons. The predicted molar refractivity (Wildman–Crippen MR) is 89.5 cm³/mol. The lowest BCUT2D eigenvalue weighted by Gasteiger charge is -2.02. The topological polar surface area (TPSA) is 78.4 Å². The van der Waals surface area contributed by atoms with E-state index in [1.54, 1.807) is 13.8 Å². The minimum atomic E-state index is -0.470. The van der Waals surface area contributed by atoms with Crippen molar-refractivity contribution in [2.45, 2.75) is 27.4 Å². The first kappa shape index (κ1) is 16.4. The summed E-state index contributed by atoms with van der Waals surface area (Å²) in [5.74, 6) is 1.36. The molecule has 0 saturated heterocycles. The summed E-state index contributed by atoms with van der Waals surface area (Å²) in [5.41, 5.74) is 2.00. The molecule has 0 spiro atoms. The van der Waals surface area contributed by atoms with E-state index >= 15 is 0 Å². The number of benzene rings is 1. The summed E-state index contributed by atoms with van der Waals surface area (Å²) in [6, 6.07) is 7.50. The molecule has 3 aromatic rings. The molecule has 7 heteroatoms. The van der Waals surface area contributed by atoms with Gasteiger partial charge in [0.2, 0.25) is 5.89 Å². The van der Waals surface area contributed by atoms with Crippen LogP contribution in [-0.4, -0.2) is 16.2 Å². The number of halogens is 1. The van der Waals surface area contributed by atoms with E-state index in [4.69, 9.17) is 13.6 Å². The maximum absolute atomic E-state index is 12.2. The average Bonchev–Trinajstić information content (AvgIpc) is 3.11. The van der Waals surface area contributed by atoms with Crippen molar-refractivity contribution < 1.29 is 18.4 Å². The summed E-state index contributed by atoms with van der Waals surface area (Å²) in [7, 11) is 0. The molecule has 0 aliphatic heterocycles. The standard InChI is InChI=1S/C17H15BrN2O4/c1-9-10(2)23-11(3)15(9)17(21)22-8-14-19-20-16(24-14)12-6-4-5-7-13(12)18/h4-7H,8H2,1-3H3. The van der Waals surface area contributed by atoms with E-state index in [9.17, 15) is 4.79 Å². The molecular formula is C17H15BrN2O4. The third-order valence-corrected chi connectivity index (χ3v) is 4.35. The van der Waals surface area contributed by atoms with Gasteiger partial charge in [-0.15, -0.1) is 10.2 Å². The number of esters is 1. The zero-order chi connectivity index (χ0) is 17.3. The molecule has 0 atom stereocenters. The molecule has 124 valence electrons. The van der Waals surface area contributed by atoms with Gasteiger partial charge in [-0.05, 0) is 48.8 Å². The molecule has 0 N–H and O–H groups in total. The van der Waals surface area contributed by atoms with Crippen LogP contribution in [0.4, 0.5) is 0 Å². The molecule has 6 nitrogen and oxygen atoms in total. The molecule has 0 amide bonds. The van der Waals surface area contributed by atoms with Crippen LogP contribution in [0.15, 0.2) is 37.6 Å². The van der Waals surface area contributed by atoms with Crippen molar-refractivity contribution in [3.63, 3.8) is 0 Å². The molecule has 0 aliphatic rings. The number of hydrogen-bond donors (Lipinski definition) is 0. The second-order valence-corrected chi connectivity index (χ2v) is 6.13. The van der Waals surface area contributed by atoms with Crippen LogP contribution in [0.1, 0.15) is 33.3 Å². The van der Waals surface area contributed by atoms with Crippen LogP contribution in [0.25, 0.3) is 11.5 Å². The Hall–Kier alpha value is -2.41. The van der Waals surface area contributed by atoms with Crippen molar-refractivity contribution in [3.8, 4) is 11.5 Å². The summed E-state index contributed by atoms with van der Waals surface area (Å²) < 4.78 is 17.1. The monoisotopic (exact) mass is 390 g/mol. The zero-order valence-corrected chi connectivity index (χ0v) is 15.0. The number of aryl methyl sites for hydroxylation is 2. The minimum absolute atomic E-state index is 0.0978. The molecule has 24 heavy (non-hydrogen) atoms. The Labute approximate surface area is 147 Å². The number of carbonyl (C=O) groups is 1. The fourth-order valence-corrected chi connectivity index (χ4v) is 2.80. The predicted octanol–water partition coefficient (Wildman–Crippen LogP) is 4.37. The molecule has 0 unspecified atom stereocenters. The van der Waals surface area contributed by atoms with Crippen LogP contribution in [0.2, 0.25) is 0 Å². The fourth-order valence-electron chi connectivity index (χ4n) is 2.35. The molecule has 3 rings (SSSR count). The van der Waals surface area contributed by atoms with E-state index < -0.39 is 5.97 Å². The van der Waals surface area contributed by atoms with Crippen LogP contribution in [-0.2, 0) is 11.3 Å². The zero-order valence-electron chi connectivity index (χ0n) is 13.4. The van der Waals surface area contributed by atoms with E-state index in [2.05, 4.69) is 26.1 Å². The highest BCUT2D eigenvalue weighted by atomic mass is 79.9. The summed E-state index contributed by atoms with van der Waals surface area (Å²) in [4.78, 5) is 12.2. The van der Waals surface area contributed by atoms with Gasteiger partial charge in [-0.3, -0.25) is 0 Å². The third-order valence-electron chi connectivity index (χ3n) is 3.66. The third kappa shape index (κ3) is 3.12. The maximum atomic E-state index is 12.2. The molecule has 2 aromatic heterocycles. The summed E-state index contributed by atoms with van der Waals surface area (Å²) in [6.45, 7) is 5.26. The second kappa shape index (κ2) is 6.60. The van der Waals surface area contributed by atoms with Gasteiger partial charge >= 0.3 is 5.97 Å². The van der Waals surface area contributed by atoms with Gasteiger partial charge in [-0.1, -0.05) is 12.1 Å². The van der Waals surface area contributed by atoms with Crippen LogP contribution in [0.3, 0.4) is 0 Å². The molecule has 0 saturated carbocycles. The van der Waals surface area contributed by atoms with E-state index in [0.29, 0.717) is 23.0 Å². The van der Waals surface area contributed by atoms with Crippen molar-refractivity contribution in [2.75, 3.05) is 0 Å². The fraction of sp³-hybridized carbons (Fsp3) is 0.235. The van der Waals surface area contributed by atoms with Crippen LogP contribution in [0.5, 0.6) is 0 Å². The molecule has 0 aliphatic carbocycles. The Morgan fingerprint density at radius 2 is 1.88 bits per heavy atom. The number of rotatable bonds is 4. The maximum Gasteiger partial charge on any atom is 0.342 e. The average molecular weight is 391 g/mol. The number of hydrogen-bond acceptors (Lipinski definition) is 6. The van der Waals surface area contributed by atoms with E-state index in [0.717, 1.165) is 15.6 Å². The van der Waals surface area contributed by atoms with Crippen molar-refractivity contribution >= 4 is 21.9 Å². The van der Waals surface area contributed by atoms with Gasteiger partial charge in [0.15, 0.2) is 6.61 Å². The SMILES string of the molecule is Cc1oc(C)c(C(=O)OCc2nnc(-c3ccccc3Br)o2)c1C. The molecule has 0 fully saturated rings. The van der Waals surface area contributed by atoms with Crippen LogP contribution >= 0.6 is 15.9 Å². The Morgan fingerprint density at radius 3 is 2.54 bits per heavy atom. The van der Waals surface area contributed by atoms with Gasteiger partial charge in [0.1, 0.15) is 17.1 Å². The highest BCUT2D eigenvalue weighted by Crippen LogP contribution is 2.27. The second-order valence-electron chi connectivity index (χ2n) is 5.27. The first-order chi connectivity index (χ1) is 11.5. The number of nitrogens with zero attached hydrogens (tertiary/aromatic N) is 2. The Kier molecular flexibility index (Phi) is 4.53. The molecule has 1 aromatic carbocycles.